The Labute approximate surface area is 74.3 Å². The van der Waals surface area contributed by atoms with Crippen molar-refractivity contribution in [3.63, 3.8) is 0 Å². The Morgan fingerprint density at radius 2 is 1.54 bits per heavy atom. The highest BCUT2D eigenvalue weighted by Crippen LogP contribution is 1.91. The molecule has 0 rings (SSSR count). The van der Waals surface area contributed by atoms with Crippen LogP contribution in [0.4, 0.5) is 9.59 Å². The lowest BCUT2D eigenvalue weighted by molar-refractivity contribution is -0.299. The summed E-state index contributed by atoms with van der Waals surface area (Å²) < 4.78 is 4.26. The molecule has 0 bridgehead atoms. The Morgan fingerprint density at radius 3 is 2.08 bits per heavy atom. The Bertz CT molecular complexity index is 166. The summed E-state index contributed by atoms with van der Waals surface area (Å²) >= 11 is 0. The average molecular weight is 194 g/mol. The van der Waals surface area contributed by atoms with Gasteiger partial charge in [-0.05, 0) is 13.8 Å². The Morgan fingerprint density at radius 1 is 0.923 bits per heavy atom. The van der Waals surface area contributed by atoms with Crippen molar-refractivity contribution < 1.29 is 33.9 Å². The van der Waals surface area contributed by atoms with E-state index in [9.17, 15) is 9.59 Å². The molecule has 0 radical (unpaired) electrons. The maximum atomic E-state index is 10.4. The minimum Gasteiger partial charge on any atom is -0.432 e. The molecule has 0 saturated carbocycles. The molecule has 7 heteroatoms. The van der Waals surface area contributed by atoms with E-state index >= 15 is 0 Å². The van der Waals surface area contributed by atoms with Crippen LogP contribution in [0.3, 0.4) is 0 Å². The zero-order valence-electron chi connectivity index (χ0n) is 7.27. The summed E-state index contributed by atoms with van der Waals surface area (Å²) in [5.74, 6) is 0. The van der Waals surface area contributed by atoms with Gasteiger partial charge in [-0.25, -0.2) is 0 Å². The van der Waals surface area contributed by atoms with E-state index in [0.29, 0.717) is 0 Å². The number of carbonyl (C=O) groups is 2. The molecule has 0 saturated heterocycles. The second kappa shape index (κ2) is 7.17. The van der Waals surface area contributed by atoms with Gasteiger partial charge in [0.2, 0.25) is 0 Å². The predicted molar refractivity (Wildman–Crippen MR) is 37.3 cm³/mol. The van der Waals surface area contributed by atoms with Gasteiger partial charge in [-0.15, -0.1) is 0 Å². The van der Waals surface area contributed by atoms with Crippen molar-refractivity contribution in [1.82, 2.24) is 0 Å². The third-order valence-electron chi connectivity index (χ3n) is 0.685. The fourth-order valence-corrected chi connectivity index (χ4v) is 0.331. The first-order chi connectivity index (χ1) is 6.20. The monoisotopic (exact) mass is 194 g/mol. The summed E-state index contributed by atoms with van der Waals surface area (Å²) in [4.78, 5) is 36.5. The second-order valence-electron chi connectivity index (χ2n) is 1.59. The van der Waals surface area contributed by atoms with Gasteiger partial charge in [-0.3, -0.25) is 4.89 Å². The van der Waals surface area contributed by atoms with E-state index in [1.54, 1.807) is 13.8 Å². The van der Waals surface area contributed by atoms with E-state index in [4.69, 9.17) is 0 Å². The molecule has 0 aromatic carbocycles. The van der Waals surface area contributed by atoms with Crippen molar-refractivity contribution in [2.45, 2.75) is 13.8 Å². The summed E-state index contributed by atoms with van der Waals surface area (Å²) in [6.07, 6.45) is -2.41. The van der Waals surface area contributed by atoms with Gasteiger partial charge in [-0.2, -0.15) is 24.3 Å². The largest absolute Gasteiger partial charge is 0.582 e. The van der Waals surface area contributed by atoms with Crippen LogP contribution in [0.25, 0.3) is 0 Å². The van der Waals surface area contributed by atoms with E-state index in [0.717, 1.165) is 0 Å². The van der Waals surface area contributed by atoms with Crippen molar-refractivity contribution >= 4 is 12.3 Å². The minimum atomic E-state index is -1.28. The van der Waals surface area contributed by atoms with Gasteiger partial charge >= 0.3 is 12.3 Å². The van der Waals surface area contributed by atoms with Crippen molar-refractivity contribution in [1.29, 1.82) is 0 Å². The fourth-order valence-electron chi connectivity index (χ4n) is 0.331. The zero-order valence-corrected chi connectivity index (χ0v) is 7.27. The third kappa shape index (κ3) is 6.88. The molecule has 0 fully saturated rings. The van der Waals surface area contributed by atoms with E-state index < -0.39 is 12.3 Å². The molecule has 0 aliphatic heterocycles. The topological polar surface area (TPSA) is 80.3 Å². The first-order valence-electron chi connectivity index (χ1n) is 3.55. The Balaban J connectivity index is 3.40. The summed E-state index contributed by atoms with van der Waals surface area (Å²) in [6.45, 7) is 3.44. The van der Waals surface area contributed by atoms with Gasteiger partial charge in [0.15, 0.2) is 0 Å². The SMILES string of the molecule is CCOOC(=O)OOC(=O)OCC. The predicted octanol–water partition coefficient (Wildman–Crippen LogP) is 1.18. The fraction of sp³-hybridized carbons (Fsp3) is 0.667. The van der Waals surface area contributed by atoms with Gasteiger partial charge in [0.25, 0.3) is 0 Å². The van der Waals surface area contributed by atoms with Crippen LogP contribution in [-0.2, 0) is 24.3 Å². The van der Waals surface area contributed by atoms with Gasteiger partial charge < -0.3 is 4.74 Å². The van der Waals surface area contributed by atoms with Crippen LogP contribution in [0.1, 0.15) is 13.8 Å². The molecule has 0 atom stereocenters. The van der Waals surface area contributed by atoms with Crippen molar-refractivity contribution in [2.24, 2.45) is 0 Å². The van der Waals surface area contributed by atoms with Gasteiger partial charge in [0.1, 0.15) is 0 Å². The third-order valence-corrected chi connectivity index (χ3v) is 0.685. The quantitative estimate of drug-likeness (QED) is 0.379. The molecular weight excluding hydrogens is 184 g/mol. The average Bonchev–Trinajstić information content (AvgIpc) is 2.12. The maximum Gasteiger partial charge on any atom is 0.582 e. The lowest BCUT2D eigenvalue weighted by Crippen LogP contribution is -2.13. The van der Waals surface area contributed by atoms with Crippen LogP contribution < -0.4 is 0 Å². The van der Waals surface area contributed by atoms with Gasteiger partial charge in [0.05, 0.1) is 13.2 Å². The molecule has 13 heavy (non-hydrogen) atoms. The number of hydrogen-bond acceptors (Lipinski definition) is 7. The molecule has 0 amide bonds. The Hall–Kier alpha value is -1.50. The standard InChI is InChI=1S/C6H10O7/c1-3-9-5(7)12-13-6(8)11-10-4-2/h3-4H2,1-2H3. The van der Waals surface area contributed by atoms with Crippen molar-refractivity contribution in [2.75, 3.05) is 13.2 Å². The molecule has 76 valence electrons. The first-order valence-corrected chi connectivity index (χ1v) is 3.55. The molecule has 0 aliphatic rings. The summed E-state index contributed by atoms with van der Waals surface area (Å²) in [6, 6.07) is 0. The van der Waals surface area contributed by atoms with Crippen molar-refractivity contribution in [3.05, 3.63) is 0 Å². The number of ether oxygens (including phenoxy) is 1. The Kier molecular flexibility index (Phi) is 6.34. The molecule has 0 aromatic heterocycles. The summed E-state index contributed by atoms with van der Waals surface area (Å²) in [5.41, 5.74) is 0. The number of carbonyl (C=O) groups excluding carboxylic acids is 2. The number of hydrogen-bond donors (Lipinski definition) is 0. The molecule has 0 spiro atoms. The highest BCUT2D eigenvalue weighted by molar-refractivity contribution is 5.63. The van der Waals surface area contributed by atoms with Gasteiger partial charge in [-0.1, -0.05) is 0 Å². The van der Waals surface area contributed by atoms with E-state index in [-0.39, 0.29) is 13.2 Å². The highest BCUT2D eigenvalue weighted by atomic mass is 17.3. The van der Waals surface area contributed by atoms with Crippen LogP contribution in [-0.4, -0.2) is 25.5 Å². The van der Waals surface area contributed by atoms with Crippen LogP contribution in [0.2, 0.25) is 0 Å². The van der Waals surface area contributed by atoms with Crippen LogP contribution in [0, 0.1) is 0 Å². The van der Waals surface area contributed by atoms with E-state index in [2.05, 4.69) is 24.3 Å². The lowest BCUT2D eigenvalue weighted by atomic mass is 10.9. The van der Waals surface area contributed by atoms with Crippen molar-refractivity contribution in [3.8, 4) is 0 Å². The molecule has 0 unspecified atom stereocenters. The number of rotatable bonds is 3. The molecule has 0 aromatic rings. The lowest BCUT2D eigenvalue weighted by Gasteiger charge is -2.01. The maximum absolute atomic E-state index is 10.4. The molecular formula is C6H10O7. The van der Waals surface area contributed by atoms with Crippen LogP contribution in [0.5, 0.6) is 0 Å². The molecule has 0 heterocycles. The van der Waals surface area contributed by atoms with E-state index in [1.807, 2.05) is 0 Å². The zero-order chi connectivity index (χ0) is 10.1. The molecule has 7 nitrogen and oxygen atoms in total. The molecule has 0 aliphatic carbocycles. The smallest absolute Gasteiger partial charge is 0.432 e. The van der Waals surface area contributed by atoms with Crippen LogP contribution >= 0.6 is 0 Å². The van der Waals surface area contributed by atoms with Crippen LogP contribution in [0.15, 0.2) is 0 Å². The highest BCUT2D eigenvalue weighted by Gasteiger charge is 2.11. The minimum absolute atomic E-state index is 0.114. The van der Waals surface area contributed by atoms with Gasteiger partial charge in [0, 0.05) is 0 Å². The second-order valence-corrected chi connectivity index (χ2v) is 1.59. The van der Waals surface area contributed by atoms with E-state index in [1.165, 1.54) is 0 Å². The normalized spacial score (nSPS) is 8.77. The summed E-state index contributed by atoms with van der Waals surface area (Å²) in [5, 5.41) is 0. The molecule has 0 N–H and O–H groups in total. The first kappa shape index (κ1) is 11.5. The summed E-state index contributed by atoms with van der Waals surface area (Å²) in [7, 11) is 0.